The average molecular weight is 388 g/mol. The van der Waals surface area contributed by atoms with E-state index >= 15 is 0 Å². The summed E-state index contributed by atoms with van der Waals surface area (Å²) in [6.45, 7) is 0. The van der Waals surface area contributed by atoms with Crippen LogP contribution in [0.2, 0.25) is 5.02 Å². The number of nitrogens with two attached hydrogens (primary N) is 1. The van der Waals surface area contributed by atoms with Gasteiger partial charge in [-0.15, -0.1) is 11.8 Å². The van der Waals surface area contributed by atoms with E-state index in [1.165, 1.54) is 4.90 Å². The molecule has 3 N–H and O–H groups in total. The quantitative estimate of drug-likeness (QED) is 0.438. The van der Waals surface area contributed by atoms with Crippen LogP contribution in [0.1, 0.15) is 11.6 Å². The SMILES string of the molecule is COc1cc(C(CSc2ccccc2Br)NN)ccc1Cl. The molecular formula is C15H16BrClN2OS. The van der Waals surface area contributed by atoms with Crippen LogP contribution in [-0.4, -0.2) is 12.9 Å². The van der Waals surface area contributed by atoms with Crippen molar-refractivity contribution >= 4 is 39.3 Å². The van der Waals surface area contributed by atoms with Crippen molar-refractivity contribution in [1.82, 2.24) is 5.43 Å². The van der Waals surface area contributed by atoms with Gasteiger partial charge in [0.05, 0.1) is 18.2 Å². The number of ether oxygens (including phenoxy) is 1. The minimum atomic E-state index is 0.00766. The molecular weight excluding hydrogens is 372 g/mol. The standard InChI is InChI=1S/C15H16BrClN2OS/c1-20-14-8-10(6-7-12(14)17)13(19-18)9-21-15-5-3-2-4-11(15)16/h2-8,13,19H,9,18H2,1H3. The van der Waals surface area contributed by atoms with E-state index in [0.717, 1.165) is 15.8 Å². The van der Waals surface area contributed by atoms with Crippen molar-refractivity contribution in [2.45, 2.75) is 10.9 Å². The van der Waals surface area contributed by atoms with Gasteiger partial charge in [0.15, 0.2) is 0 Å². The van der Waals surface area contributed by atoms with Gasteiger partial charge in [0.2, 0.25) is 0 Å². The molecule has 6 heteroatoms. The smallest absolute Gasteiger partial charge is 0.137 e. The summed E-state index contributed by atoms with van der Waals surface area (Å²) in [6, 6.07) is 13.8. The number of hydrazine groups is 1. The summed E-state index contributed by atoms with van der Waals surface area (Å²) >= 11 is 11.3. The first-order valence-corrected chi connectivity index (χ1v) is 8.48. The van der Waals surface area contributed by atoms with Crippen LogP contribution in [0.3, 0.4) is 0 Å². The largest absolute Gasteiger partial charge is 0.495 e. The second kappa shape index (κ2) is 8.06. The van der Waals surface area contributed by atoms with E-state index in [2.05, 4.69) is 27.4 Å². The molecule has 0 saturated heterocycles. The van der Waals surface area contributed by atoms with Crippen LogP contribution in [0.4, 0.5) is 0 Å². The van der Waals surface area contributed by atoms with Gasteiger partial charge < -0.3 is 4.74 Å². The zero-order valence-corrected chi connectivity index (χ0v) is 14.6. The van der Waals surface area contributed by atoms with Crippen molar-refractivity contribution in [2.24, 2.45) is 5.84 Å². The van der Waals surface area contributed by atoms with E-state index in [1.807, 2.05) is 36.4 Å². The Hall–Kier alpha value is -0.720. The third-order valence-electron chi connectivity index (χ3n) is 3.02. The van der Waals surface area contributed by atoms with Crippen molar-refractivity contribution in [1.29, 1.82) is 0 Å². The molecule has 0 radical (unpaired) electrons. The maximum absolute atomic E-state index is 6.05. The molecule has 2 aromatic carbocycles. The Balaban J connectivity index is 2.11. The lowest BCUT2D eigenvalue weighted by Crippen LogP contribution is -2.29. The zero-order chi connectivity index (χ0) is 15.2. The topological polar surface area (TPSA) is 47.3 Å². The highest BCUT2D eigenvalue weighted by atomic mass is 79.9. The minimum Gasteiger partial charge on any atom is -0.495 e. The molecule has 112 valence electrons. The van der Waals surface area contributed by atoms with Crippen LogP contribution < -0.4 is 16.0 Å². The molecule has 0 aromatic heterocycles. The Morgan fingerprint density at radius 2 is 2.10 bits per heavy atom. The fourth-order valence-electron chi connectivity index (χ4n) is 1.87. The van der Waals surface area contributed by atoms with Gasteiger partial charge in [-0.1, -0.05) is 29.8 Å². The minimum absolute atomic E-state index is 0.00766. The molecule has 0 aliphatic rings. The van der Waals surface area contributed by atoms with Gasteiger partial charge in [-0.05, 0) is 45.8 Å². The number of halogens is 2. The predicted octanol–water partition coefficient (Wildman–Crippen LogP) is 4.41. The monoisotopic (exact) mass is 386 g/mol. The number of hydrogen-bond donors (Lipinski definition) is 2. The maximum atomic E-state index is 6.05. The molecule has 0 bridgehead atoms. The second-order valence-electron chi connectivity index (χ2n) is 4.35. The molecule has 1 unspecified atom stereocenters. The summed E-state index contributed by atoms with van der Waals surface area (Å²) in [7, 11) is 1.60. The lowest BCUT2D eigenvalue weighted by atomic mass is 10.1. The fourth-order valence-corrected chi connectivity index (χ4v) is 3.71. The van der Waals surface area contributed by atoms with Crippen LogP contribution in [0, 0.1) is 0 Å². The normalized spacial score (nSPS) is 12.2. The Morgan fingerprint density at radius 1 is 1.33 bits per heavy atom. The average Bonchev–Trinajstić information content (AvgIpc) is 2.51. The fraction of sp³-hybridized carbons (Fsp3) is 0.200. The van der Waals surface area contributed by atoms with Gasteiger partial charge in [0.25, 0.3) is 0 Å². The highest BCUT2D eigenvalue weighted by molar-refractivity contribution is 9.10. The van der Waals surface area contributed by atoms with E-state index in [9.17, 15) is 0 Å². The molecule has 21 heavy (non-hydrogen) atoms. The first-order valence-electron chi connectivity index (χ1n) is 6.32. The lowest BCUT2D eigenvalue weighted by Gasteiger charge is -2.17. The molecule has 0 spiro atoms. The van der Waals surface area contributed by atoms with Crippen LogP contribution >= 0.6 is 39.3 Å². The highest BCUT2D eigenvalue weighted by Gasteiger charge is 2.13. The molecule has 1 atom stereocenters. The Bertz CT molecular complexity index is 612. The molecule has 2 rings (SSSR count). The first-order chi connectivity index (χ1) is 10.2. The maximum Gasteiger partial charge on any atom is 0.137 e. The van der Waals surface area contributed by atoms with Crippen LogP contribution in [0.15, 0.2) is 51.8 Å². The van der Waals surface area contributed by atoms with Gasteiger partial charge in [0, 0.05) is 15.1 Å². The summed E-state index contributed by atoms with van der Waals surface area (Å²) in [5.74, 6) is 7.14. The summed E-state index contributed by atoms with van der Waals surface area (Å²) in [5, 5.41) is 0.593. The van der Waals surface area contributed by atoms with Crippen molar-refractivity contribution in [3.05, 3.63) is 57.5 Å². The molecule has 3 nitrogen and oxygen atoms in total. The number of thioether (sulfide) groups is 1. The molecule has 0 aliphatic heterocycles. The van der Waals surface area contributed by atoms with Gasteiger partial charge in [0.1, 0.15) is 5.75 Å². The Labute approximate surface area is 142 Å². The molecule has 0 fully saturated rings. The highest BCUT2D eigenvalue weighted by Crippen LogP contribution is 2.32. The van der Waals surface area contributed by atoms with Gasteiger partial charge in [-0.2, -0.15) is 0 Å². The van der Waals surface area contributed by atoms with Crippen LogP contribution in [0.5, 0.6) is 5.75 Å². The van der Waals surface area contributed by atoms with Crippen molar-refractivity contribution in [2.75, 3.05) is 12.9 Å². The van der Waals surface area contributed by atoms with E-state index in [0.29, 0.717) is 10.8 Å². The zero-order valence-electron chi connectivity index (χ0n) is 11.5. The van der Waals surface area contributed by atoms with Crippen molar-refractivity contribution in [3.8, 4) is 5.75 Å². The summed E-state index contributed by atoms with van der Waals surface area (Å²) in [6.07, 6.45) is 0. The lowest BCUT2D eigenvalue weighted by molar-refractivity contribution is 0.413. The van der Waals surface area contributed by atoms with Crippen LogP contribution in [0.25, 0.3) is 0 Å². The number of benzene rings is 2. The van der Waals surface area contributed by atoms with E-state index in [-0.39, 0.29) is 6.04 Å². The molecule has 0 saturated carbocycles. The van der Waals surface area contributed by atoms with Gasteiger partial charge in [-0.25, -0.2) is 0 Å². The van der Waals surface area contributed by atoms with E-state index < -0.39 is 0 Å². The van der Waals surface area contributed by atoms with Crippen molar-refractivity contribution in [3.63, 3.8) is 0 Å². The third-order valence-corrected chi connectivity index (χ3v) is 5.45. The third kappa shape index (κ3) is 4.37. The van der Waals surface area contributed by atoms with Gasteiger partial charge >= 0.3 is 0 Å². The summed E-state index contributed by atoms with van der Waals surface area (Å²) < 4.78 is 6.33. The van der Waals surface area contributed by atoms with E-state index in [4.69, 9.17) is 22.2 Å². The van der Waals surface area contributed by atoms with Crippen molar-refractivity contribution < 1.29 is 4.74 Å². The predicted molar refractivity (Wildman–Crippen MR) is 92.9 cm³/mol. The molecule has 0 aliphatic carbocycles. The Morgan fingerprint density at radius 3 is 2.76 bits per heavy atom. The molecule has 0 amide bonds. The van der Waals surface area contributed by atoms with Gasteiger partial charge in [-0.3, -0.25) is 11.3 Å². The molecule has 2 aromatic rings. The number of rotatable bonds is 6. The number of methoxy groups -OCH3 is 1. The number of hydrogen-bond acceptors (Lipinski definition) is 4. The summed E-state index contributed by atoms with van der Waals surface area (Å²) in [5.41, 5.74) is 3.88. The van der Waals surface area contributed by atoms with Crippen LogP contribution in [-0.2, 0) is 0 Å². The Kier molecular flexibility index (Phi) is 6.39. The second-order valence-corrected chi connectivity index (χ2v) is 6.68. The first kappa shape index (κ1) is 16.6. The molecule has 0 heterocycles. The van der Waals surface area contributed by atoms with E-state index in [1.54, 1.807) is 18.9 Å². The summed E-state index contributed by atoms with van der Waals surface area (Å²) in [4.78, 5) is 1.18. The number of nitrogens with one attached hydrogen (secondary N) is 1.